The number of ether oxygens (including phenoxy) is 5. The van der Waals surface area contributed by atoms with Crippen molar-refractivity contribution in [2.75, 3.05) is 69.4 Å². The molecule has 3 aliphatic rings. The van der Waals surface area contributed by atoms with E-state index in [9.17, 15) is 24.4 Å². The van der Waals surface area contributed by atoms with Crippen molar-refractivity contribution < 1.29 is 47.9 Å². The van der Waals surface area contributed by atoms with Crippen molar-refractivity contribution >= 4 is 17.5 Å². The number of benzene rings is 4. The minimum absolute atomic E-state index is 0.0168. The van der Waals surface area contributed by atoms with E-state index in [-0.39, 0.29) is 44.8 Å². The smallest absolute Gasteiger partial charge is 0.410 e. The molecule has 14 nitrogen and oxygen atoms in total. The van der Waals surface area contributed by atoms with Gasteiger partial charge in [-0.15, -0.1) is 10.1 Å². The lowest BCUT2D eigenvalue weighted by Crippen LogP contribution is -2.53. The number of methoxy groups -OCH3 is 1. The Labute approximate surface area is 336 Å². The molecule has 4 aromatic rings. The van der Waals surface area contributed by atoms with Crippen molar-refractivity contribution in [1.29, 1.82) is 0 Å². The number of halogens is 1. The molecule has 15 heteroatoms. The molecule has 3 heterocycles. The van der Waals surface area contributed by atoms with Crippen molar-refractivity contribution in [3.63, 3.8) is 0 Å². The molecular formula is C43H49FN4O10. The molecule has 1 N–H and O–H groups in total. The highest BCUT2D eigenvalue weighted by Crippen LogP contribution is 2.36. The molecule has 308 valence electrons. The van der Waals surface area contributed by atoms with Gasteiger partial charge in [-0.05, 0) is 71.1 Å². The van der Waals surface area contributed by atoms with Gasteiger partial charge in [0, 0.05) is 44.8 Å². The number of rotatable bonds is 16. The minimum atomic E-state index is -0.983. The van der Waals surface area contributed by atoms with Crippen LogP contribution in [0.5, 0.6) is 11.5 Å². The third-order valence-corrected chi connectivity index (χ3v) is 10.7. The Morgan fingerprint density at radius 1 is 0.931 bits per heavy atom. The van der Waals surface area contributed by atoms with Crippen LogP contribution in [0.25, 0.3) is 0 Å². The summed E-state index contributed by atoms with van der Waals surface area (Å²) in [6, 6.07) is 27.0. The van der Waals surface area contributed by atoms with Gasteiger partial charge < -0.3 is 48.3 Å². The van der Waals surface area contributed by atoms with Crippen molar-refractivity contribution in [3.05, 3.63) is 129 Å². The van der Waals surface area contributed by atoms with Crippen molar-refractivity contribution in [3.8, 4) is 11.5 Å². The zero-order valence-electron chi connectivity index (χ0n) is 32.5. The van der Waals surface area contributed by atoms with Gasteiger partial charge in [0.25, 0.3) is 5.09 Å². The predicted octanol–water partition coefficient (Wildman–Crippen LogP) is 6.11. The average molecular weight is 801 g/mol. The highest BCUT2D eigenvalue weighted by atomic mass is 19.1. The number of aliphatic hydroxyl groups excluding tert-OH is 1. The number of hydrogen-bond donors (Lipinski definition) is 1. The number of β-amino-alcohol motifs (C(OH)–C–C–N with tert-alkyl or cyclic N) is 1. The summed E-state index contributed by atoms with van der Waals surface area (Å²) in [6.45, 7) is 4.34. The van der Waals surface area contributed by atoms with E-state index < -0.39 is 29.3 Å². The highest BCUT2D eigenvalue weighted by molar-refractivity contribution is 5.68. The summed E-state index contributed by atoms with van der Waals surface area (Å²) < 4.78 is 43.7. The SMILES string of the molecule is COCCCN1CCOc2ccc(COC3CN(C(=O)OCc4cccc(CO[N+](=O)[O-])c4)CC(O)C3c3ccc(OC4CCN(c5cccc(F)c5)C4)cc3)cc21. The van der Waals surface area contributed by atoms with Crippen LogP contribution in [0.15, 0.2) is 91.0 Å². The van der Waals surface area contributed by atoms with E-state index in [1.807, 2.05) is 42.5 Å². The lowest BCUT2D eigenvalue weighted by molar-refractivity contribution is -0.763. The second kappa shape index (κ2) is 19.2. The number of amides is 1. The first-order valence-electron chi connectivity index (χ1n) is 19.6. The number of piperidine rings is 1. The molecule has 4 aromatic carbocycles. The van der Waals surface area contributed by atoms with E-state index in [2.05, 4.69) is 20.7 Å². The van der Waals surface area contributed by atoms with Gasteiger partial charge in [-0.2, -0.15) is 0 Å². The summed E-state index contributed by atoms with van der Waals surface area (Å²) >= 11 is 0. The molecule has 2 saturated heterocycles. The Hall–Kier alpha value is -5.64. The third kappa shape index (κ3) is 10.4. The van der Waals surface area contributed by atoms with Crippen LogP contribution in [0, 0.1) is 15.9 Å². The van der Waals surface area contributed by atoms with Crippen LogP contribution in [-0.2, 0) is 38.9 Å². The van der Waals surface area contributed by atoms with Crippen LogP contribution >= 0.6 is 0 Å². The van der Waals surface area contributed by atoms with Crippen LogP contribution in [0.4, 0.5) is 20.6 Å². The van der Waals surface area contributed by atoms with Crippen LogP contribution in [0.2, 0.25) is 0 Å². The van der Waals surface area contributed by atoms with E-state index in [1.165, 1.54) is 17.0 Å². The van der Waals surface area contributed by atoms with Crippen LogP contribution in [0.1, 0.15) is 41.0 Å². The summed E-state index contributed by atoms with van der Waals surface area (Å²) in [5.74, 6) is 0.749. The second-order valence-electron chi connectivity index (χ2n) is 14.7. The standard InChI is InChI=1S/C43H49FN4O10/c1-53-19-4-16-45-18-20-54-40-14-9-32(22-38(40)45)27-55-41-26-47(43(50)56-28-30-5-2-6-31(21-30)29-57-48(51)52)25-39(49)42(41)33-10-12-36(13-11-33)58-37-15-17-46(24-37)35-8-3-7-34(44)23-35/h2-3,5-14,21-23,37,39,41-42,49H,4,15-20,24-29H2,1H3. The Morgan fingerprint density at radius 3 is 2.52 bits per heavy atom. The molecule has 0 aromatic heterocycles. The quantitative estimate of drug-likeness (QED) is 0.0793. The molecule has 7 rings (SSSR count). The average Bonchev–Trinajstić information content (AvgIpc) is 3.70. The van der Waals surface area contributed by atoms with E-state index in [1.54, 1.807) is 37.4 Å². The molecule has 1 amide bonds. The number of likely N-dealkylation sites (tertiary alicyclic amines) is 1. The van der Waals surface area contributed by atoms with E-state index in [4.69, 9.17) is 23.7 Å². The minimum Gasteiger partial charge on any atom is -0.490 e. The number of carbonyl (C=O) groups is 1. The van der Waals surface area contributed by atoms with E-state index in [0.717, 1.165) is 60.7 Å². The molecule has 4 unspecified atom stereocenters. The monoisotopic (exact) mass is 800 g/mol. The first-order chi connectivity index (χ1) is 28.2. The Balaban J connectivity index is 1.04. The van der Waals surface area contributed by atoms with Crippen LogP contribution < -0.4 is 19.3 Å². The molecule has 0 saturated carbocycles. The number of carbonyl (C=O) groups excluding carboxylic acids is 1. The highest BCUT2D eigenvalue weighted by Gasteiger charge is 2.40. The summed E-state index contributed by atoms with van der Waals surface area (Å²) in [5, 5.41) is 21.5. The lowest BCUT2D eigenvalue weighted by Gasteiger charge is -2.41. The van der Waals surface area contributed by atoms with Gasteiger partial charge in [0.05, 0.1) is 50.7 Å². The van der Waals surface area contributed by atoms with Gasteiger partial charge in [0.15, 0.2) is 0 Å². The van der Waals surface area contributed by atoms with E-state index >= 15 is 0 Å². The number of aliphatic hydroxyl groups is 1. The Kier molecular flexibility index (Phi) is 13.4. The second-order valence-corrected chi connectivity index (χ2v) is 14.7. The van der Waals surface area contributed by atoms with Gasteiger partial charge in [0.1, 0.15) is 43.2 Å². The molecule has 3 aliphatic heterocycles. The largest absolute Gasteiger partial charge is 0.490 e. The molecule has 58 heavy (non-hydrogen) atoms. The van der Waals surface area contributed by atoms with Gasteiger partial charge in [-0.3, -0.25) is 0 Å². The maximum atomic E-state index is 13.8. The number of nitrogens with zero attached hydrogens (tertiary/aromatic N) is 4. The number of anilines is 2. The molecular weight excluding hydrogens is 751 g/mol. The summed E-state index contributed by atoms with van der Waals surface area (Å²) in [7, 11) is 1.70. The first kappa shape index (κ1) is 40.6. The van der Waals surface area contributed by atoms with Gasteiger partial charge >= 0.3 is 6.09 Å². The zero-order chi connectivity index (χ0) is 40.4. The third-order valence-electron chi connectivity index (χ3n) is 10.7. The summed E-state index contributed by atoms with van der Waals surface area (Å²) in [4.78, 5) is 34.4. The van der Waals surface area contributed by atoms with Gasteiger partial charge in [0.2, 0.25) is 0 Å². The summed E-state index contributed by atoms with van der Waals surface area (Å²) in [5.41, 5.74) is 4.77. The summed E-state index contributed by atoms with van der Waals surface area (Å²) in [6.07, 6.45) is -0.608. The maximum absolute atomic E-state index is 13.8. The normalized spacial score (nSPS) is 20.3. The zero-order valence-corrected chi connectivity index (χ0v) is 32.5. The van der Waals surface area contributed by atoms with Gasteiger partial charge in [-0.25, -0.2) is 9.18 Å². The molecule has 0 spiro atoms. The fourth-order valence-electron chi connectivity index (χ4n) is 7.84. The van der Waals surface area contributed by atoms with Crippen molar-refractivity contribution in [1.82, 2.24) is 4.90 Å². The topological polar surface area (TPSA) is 146 Å². The van der Waals surface area contributed by atoms with E-state index in [0.29, 0.717) is 36.6 Å². The Morgan fingerprint density at radius 2 is 1.72 bits per heavy atom. The number of hydrogen-bond acceptors (Lipinski definition) is 12. The molecule has 0 radical (unpaired) electrons. The molecule has 2 fully saturated rings. The lowest BCUT2D eigenvalue weighted by atomic mass is 9.84. The molecule has 4 atom stereocenters. The fraction of sp³-hybridized carbons (Fsp3) is 0.419. The van der Waals surface area contributed by atoms with Crippen LogP contribution in [-0.4, -0.2) is 99.1 Å². The Bertz CT molecular complexity index is 2000. The molecule has 0 bridgehead atoms. The fourth-order valence-corrected chi connectivity index (χ4v) is 7.84. The number of fused-ring (bicyclic) bond motifs is 1. The van der Waals surface area contributed by atoms with Crippen LogP contribution in [0.3, 0.4) is 0 Å². The maximum Gasteiger partial charge on any atom is 0.410 e. The predicted molar refractivity (Wildman–Crippen MR) is 212 cm³/mol. The first-order valence-corrected chi connectivity index (χ1v) is 19.6. The molecule has 0 aliphatic carbocycles. The van der Waals surface area contributed by atoms with Gasteiger partial charge in [-0.1, -0.05) is 48.5 Å². The van der Waals surface area contributed by atoms with Crippen molar-refractivity contribution in [2.24, 2.45) is 0 Å². The van der Waals surface area contributed by atoms with Crippen molar-refractivity contribution in [2.45, 2.75) is 56.9 Å².